The van der Waals surface area contributed by atoms with Crippen LogP contribution in [0.15, 0.2) is 53.7 Å². The monoisotopic (exact) mass is 382 g/mol. The van der Waals surface area contributed by atoms with Crippen molar-refractivity contribution in [3.63, 3.8) is 0 Å². The second-order valence-corrected chi connectivity index (χ2v) is 7.04. The molecule has 1 aliphatic rings. The van der Waals surface area contributed by atoms with E-state index in [1.54, 1.807) is 14.2 Å². The van der Waals surface area contributed by atoms with E-state index >= 15 is 0 Å². The molecule has 0 atom stereocenters. The Balaban J connectivity index is 1.60. The summed E-state index contributed by atoms with van der Waals surface area (Å²) in [5.74, 6) is 1.70. The van der Waals surface area contributed by atoms with Crippen LogP contribution in [-0.4, -0.2) is 51.4 Å². The highest BCUT2D eigenvalue weighted by Crippen LogP contribution is 2.35. The molecule has 1 saturated heterocycles. The molecule has 0 unspecified atom stereocenters. The Morgan fingerprint density at radius 3 is 2.57 bits per heavy atom. The number of hydrogen-bond donors (Lipinski definition) is 2. The Morgan fingerprint density at radius 2 is 1.93 bits per heavy atom. The third kappa shape index (κ3) is 5.23. The molecule has 6 heteroatoms. The zero-order valence-corrected chi connectivity index (χ0v) is 16.8. The summed E-state index contributed by atoms with van der Waals surface area (Å²) >= 11 is 0. The number of benzene rings is 1. The molecule has 150 valence electrons. The van der Waals surface area contributed by atoms with Gasteiger partial charge in [0.1, 0.15) is 5.75 Å². The van der Waals surface area contributed by atoms with Gasteiger partial charge in [-0.2, -0.15) is 0 Å². The highest BCUT2D eigenvalue weighted by Gasteiger charge is 2.34. The van der Waals surface area contributed by atoms with Crippen LogP contribution in [0.2, 0.25) is 0 Å². The van der Waals surface area contributed by atoms with Crippen LogP contribution in [-0.2, 0) is 16.6 Å². The normalized spacial score (nSPS) is 16.4. The lowest BCUT2D eigenvalue weighted by molar-refractivity contribution is 0.0513. The van der Waals surface area contributed by atoms with Crippen LogP contribution in [0, 0.1) is 0 Å². The summed E-state index contributed by atoms with van der Waals surface area (Å²) in [5, 5.41) is 6.92. The van der Waals surface area contributed by atoms with Crippen molar-refractivity contribution in [1.29, 1.82) is 0 Å². The van der Waals surface area contributed by atoms with Crippen molar-refractivity contribution in [3.05, 3.63) is 59.9 Å². The van der Waals surface area contributed by atoms with Crippen LogP contribution in [0.3, 0.4) is 0 Å². The van der Waals surface area contributed by atoms with Crippen molar-refractivity contribution in [3.8, 4) is 5.75 Å². The predicted molar refractivity (Wildman–Crippen MR) is 112 cm³/mol. The zero-order chi connectivity index (χ0) is 19.7. The molecule has 0 saturated carbocycles. The summed E-state index contributed by atoms with van der Waals surface area (Å²) in [6.07, 6.45) is 4.65. The minimum absolute atomic E-state index is 0.0309. The summed E-state index contributed by atoms with van der Waals surface area (Å²) in [4.78, 5) is 8.74. The smallest absolute Gasteiger partial charge is 0.191 e. The second-order valence-electron chi connectivity index (χ2n) is 7.04. The van der Waals surface area contributed by atoms with E-state index < -0.39 is 0 Å². The molecule has 0 aliphatic carbocycles. The molecule has 0 amide bonds. The van der Waals surface area contributed by atoms with Crippen molar-refractivity contribution in [2.75, 3.05) is 40.5 Å². The first-order chi connectivity index (χ1) is 13.8. The molecule has 2 N–H and O–H groups in total. The molecule has 1 aliphatic heterocycles. The van der Waals surface area contributed by atoms with Crippen LogP contribution in [0.25, 0.3) is 0 Å². The Morgan fingerprint density at radius 1 is 1.14 bits per heavy atom. The first-order valence-corrected chi connectivity index (χ1v) is 9.82. The summed E-state index contributed by atoms with van der Waals surface area (Å²) in [6, 6.07) is 14.4. The van der Waals surface area contributed by atoms with Gasteiger partial charge in [0.05, 0.1) is 7.11 Å². The number of nitrogens with one attached hydrogen (secondary N) is 2. The number of nitrogens with zero attached hydrogens (tertiary/aromatic N) is 2. The first kappa shape index (κ1) is 20.1. The van der Waals surface area contributed by atoms with Gasteiger partial charge in [0.2, 0.25) is 0 Å². The lowest BCUT2D eigenvalue weighted by Gasteiger charge is -2.38. The van der Waals surface area contributed by atoms with E-state index in [4.69, 9.17) is 9.47 Å². The molecular formula is C22H30N4O2. The molecule has 1 aromatic carbocycles. The summed E-state index contributed by atoms with van der Waals surface area (Å²) in [6.45, 7) is 3.15. The van der Waals surface area contributed by atoms with Gasteiger partial charge in [-0.15, -0.1) is 0 Å². The molecule has 0 bridgehead atoms. The molecule has 0 radical (unpaired) electrons. The molecule has 2 heterocycles. The standard InChI is InChI=1S/C22H30N4O2/c1-23-21(25-14-10-19-5-3-4-13-24-19)26-17-22(11-15-28-16-12-22)18-6-8-20(27-2)9-7-18/h3-9,13H,10-12,14-17H2,1-2H3,(H2,23,25,26). The number of pyridine rings is 1. The summed E-state index contributed by atoms with van der Waals surface area (Å²) in [7, 11) is 3.50. The Kier molecular flexibility index (Phi) is 7.25. The summed E-state index contributed by atoms with van der Waals surface area (Å²) < 4.78 is 10.9. The third-order valence-corrected chi connectivity index (χ3v) is 5.37. The van der Waals surface area contributed by atoms with Crippen molar-refractivity contribution < 1.29 is 9.47 Å². The summed E-state index contributed by atoms with van der Waals surface area (Å²) in [5.41, 5.74) is 2.42. The van der Waals surface area contributed by atoms with Crippen LogP contribution < -0.4 is 15.4 Å². The van der Waals surface area contributed by atoms with Gasteiger partial charge in [0.15, 0.2) is 5.96 Å². The van der Waals surface area contributed by atoms with E-state index in [1.807, 2.05) is 36.5 Å². The number of methoxy groups -OCH3 is 1. The Labute approximate surface area is 167 Å². The molecule has 3 rings (SSSR count). The van der Waals surface area contributed by atoms with Crippen LogP contribution in [0.1, 0.15) is 24.1 Å². The minimum atomic E-state index is 0.0309. The van der Waals surface area contributed by atoms with E-state index in [1.165, 1.54) is 5.56 Å². The predicted octanol–water partition coefficient (Wildman–Crippen LogP) is 2.55. The highest BCUT2D eigenvalue weighted by molar-refractivity contribution is 5.79. The fourth-order valence-corrected chi connectivity index (χ4v) is 3.60. The highest BCUT2D eigenvalue weighted by atomic mass is 16.5. The lowest BCUT2D eigenvalue weighted by Crippen LogP contribution is -2.48. The molecule has 2 aromatic rings. The largest absolute Gasteiger partial charge is 0.497 e. The van der Waals surface area contributed by atoms with Crippen LogP contribution in [0.5, 0.6) is 5.75 Å². The quantitative estimate of drug-likeness (QED) is 0.569. The van der Waals surface area contributed by atoms with Gasteiger partial charge in [-0.3, -0.25) is 9.98 Å². The van der Waals surface area contributed by atoms with Crippen molar-refractivity contribution in [2.45, 2.75) is 24.7 Å². The van der Waals surface area contributed by atoms with Gasteiger partial charge in [0, 0.05) is 57.1 Å². The van der Waals surface area contributed by atoms with E-state index in [0.717, 1.165) is 63.0 Å². The van der Waals surface area contributed by atoms with Gasteiger partial charge in [-0.1, -0.05) is 18.2 Å². The number of aromatic nitrogens is 1. The number of aliphatic imine (C=N–C) groups is 1. The van der Waals surface area contributed by atoms with Gasteiger partial charge >= 0.3 is 0 Å². The fraction of sp³-hybridized carbons (Fsp3) is 0.455. The lowest BCUT2D eigenvalue weighted by atomic mass is 9.74. The van der Waals surface area contributed by atoms with Gasteiger partial charge in [-0.05, 0) is 42.7 Å². The molecule has 1 aromatic heterocycles. The molecule has 6 nitrogen and oxygen atoms in total. The maximum Gasteiger partial charge on any atom is 0.191 e. The molecule has 1 fully saturated rings. The number of guanidine groups is 1. The molecular weight excluding hydrogens is 352 g/mol. The number of rotatable bonds is 7. The van der Waals surface area contributed by atoms with Gasteiger partial charge in [0.25, 0.3) is 0 Å². The number of ether oxygens (including phenoxy) is 2. The van der Waals surface area contributed by atoms with Crippen LogP contribution >= 0.6 is 0 Å². The van der Waals surface area contributed by atoms with E-state index in [-0.39, 0.29) is 5.41 Å². The topological polar surface area (TPSA) is 67.8 Å². The van der Waals surface area contributed by atoms with Gasteiger partial charge in [-0.25, -0.2) is 0 Å². The Bertz CT molecular complexity index is 741. The maximum atomic E-state index is 5.63. The number of hydrogen-bond acceptors (Lipinski definition) is 4. The third-order valence-electron chi connectivity index (χ3n) is 5.37. The average molecular weight is 383 g/mol. The molecule has 0 spiro atoms. The van der Waals surface area contributed by atoms with E-state index in [9.17, 15) is 0 Å². The first-order valence-electron chi connectivity index (χ1n) is 9.82. The second kappa shape index (κ2) is 10.1. The zero-order valence-electron chi connectivity index (χ0n) is 16.8. The van der Waals surface area contributed by atoms with E-state index in [2.05, 4.69) is 32.7 Å². The van der Waals surface area contributed by atoms with E-state index in [0.29, 0.717) is 0 Å². The van der Waals surface area contributed by atoms with Crippen molar-refractivity contribution >= 4 is 5.96 Å². The van der Waals surface area contributed by atoms with Crippen molar-refractivity contribution in [2.24, 2.45) is 4.99 Å². The van der Waals surface area contributed by atoms with Gasteiger partial charge < -0.3 is 20.1 Å². The Hall–Kier alpha value is -2.60. The minimum Gasteiger partial charge on any atom is -0.497 e. The van der Waals surface area contributed by atoms with Crippen LogP contribution in [0.4, 0.5) is 0 Å². The average Bonchev–Trinajstić information content (AvgIpc) is 2.77. The SMILES string of the molecule is CN=C(NCCc1ccccn1)NCC1(c2ccc(OC)cc2)CCOCC1. The fourth-order valence-electron chi connectivity index (χ4n) is 3.60. The maximum absolute atomic E-state index is 5.63. The molecule has 28 heavy (non-hydrogen) atoms. The van der Waals surface area contributed by atoms with Crippen molar-refractivity contribution in [1.82, 2.24) is 15.6 Å².